The van der Waals surface area contributed by atoms with Gasteiger partial charge in [-0.1, -0.05) is 18.2 Å². The van der Waals surface area contributed by atoms with E-state index in [1.165, 1.54) is 6.08 Å². The van der Waals surface area contributed by atoms with Crippen LogP contribution in [0, 0.1) is 5.92 Å². The van der Waals surface area contributed by atoms with E-state index in [1.807, 2.05) is 38.1 Å². The van der Waals surface area contributed by atoms with Gasteiger partial charge in [-0.05, 0) is 44.7 Å². The molecule has 1 N–H and O–H groups in total. The van der Waals surface area contributed by atoms with Gasteiger partial charge in [0.05, 0.1) is 6.61 Å². The Bertz CT molecular complexity index is 578. The molecule has 0 unspecified atom stereocenters. The summed E-state index contributed by atoms with van der Waals surface area (Å²) in [5.74, 6) is 0.464. The average Bonchev–Trinajstić information content (AvgIpc) is 3.37. The smallest absolute Gasteiger partial charge is 0.331 e. The molecule has 1 atom stereocenters. The van der Waals surface area contributed by atoms with Gasteiger partial charge in [0.2, 0.25) is 0 Å². The number of esters is 1. The summed E-state index contributed by atoms with van der Waals surface area (Å²) in [6, 6.07) is 7.56. The molecule has 1 fully saturated rings. The molecule has 2 rings (SSSR count). The van der Waals surface area contributed by atoms with Crippen molar-refractivity contribution in [2.24, 2.45) is 5.92 Å². The lowest BCUT2D eigenvalue weighted by Gasteiger charge is -2.12. The van der Waals surface area contributed by atoms with Crippen LogP contribution in [0.2, 0.25) is 0 Å². The van der Waals surface area contributed by atoms with Gasteiger partial charge in [0.15, 0.2) is 6.61 Å². The maximum atomic E-state index is 11.7. The first-order valence-electron chi connectivity index (χ1n) is 7.96. The molecule has 0 spiro atoms. The van der Waals surface area contributed by atoms with Crippen LogP contribution < -0.4 is 10.1 Å². The van der Waals surface area contributed by atoms with E-state index in [9.17, 15) is 9.59 Å². The van der Waals surface area contributed by atoms with Crippen molar-refractivity contribution in [3.05, 3.63) is 35.9 Å². The molecular formula is C18H23NO4. The van der Waals surface area contributed by atoms with Crippen LogP contribution in [-0.4, -0.2) is 31.1 Å². The first-order valence-corrected chi connectivity index (χ1v) is 7.96. The number of benzene rings is 1. The van der Waals surface area contributed by atoms with Crippen molar-refractivity contribution in [3.63, 3.8) is 0 Å². The number of amides is 1. The third-order valence-electron chi connectivity index (χ3n) is 3.68. The maximum Gasteiger partial charge on any atom is 0.331 e. The SMILES string of the molecule is CCOc1ccccc1/C=C/C(=O)OCC(=O)N[C@H](C)C1CC1. The largest absolute Gasteiger partial charge is 0.493 e. The zero-order valence-electron chi connectivity index (χ0n) is 13.6. The Balaban J connectivity index is 1.78. The Kier molecular flexibility index (Phi) is 6.20. The van der Waals surface area contributed by atoms with Gasteiger partial charge >= 0.3 is 5.97 Å². The number of para-hydroxylation sites is 1. The molecule has 5 nitrogen and oxygen atoms in total. The maximum absolute atomic E-state index is 11.7. The van der Waals surface area contributed by atoms with E-state index >= 15 is 0 Å². The number of carbonyl (C=O) groups is 2. The third-order valence-corrected chi connectivity index (χ3v) is 3.68. The molecule has 1 aliphatic carbocycles. The van der Waals surface area contributed by atoms with E-state index in [4.69, 9.17) is 9.47 Å². The highest BCUT2D eigenvalue weighted by molar-refractivity contribution is 5.89. The van der Waals surface area contributed by atoms with Crippen LogP contribution in [0.1, 0.15) is 32.3 Å². The van der Waals surface area contributed by atoms with Gasteiger partial charge in [0.1, 0.15) is 5.75 Å². The zero-order valence-corrected chi connectivity index (χ0v) is 13.6. The topological polar surface area (TPSA) is 64.6 Å². The minimum atomic E-state index is -0.550. The molecule has 23 heavy (non-hydrogen) atoms. The molecule has 0 radical (unpaired) electrons. The van der Waals surface area contributed by atoms with Crippen LogP contribution in [-0.2, 0) is 14.3 Å². The van der Waals surface area contributed by atoms with E-state index in [0.717, 1.165) is 18.4 Å². The van der Waals surface area contributed by atoms with Crippen molar-refractivity contribution in [3.8, 4) is 5.75 Å². The predicted molar refractivity (Wildman–Crippen MR) is 87.9 cm³/mol. The first kappa shape index (κ1) is 17.1. The molecule has 0 bridgehead atoms. The minimum Gasteiger partial charge on any atom is -0.493 e. The first-order chi connectivity index (χ1) is 11.1. The lowest BCUT2D eigenvalue weighted by atomic mass is 10.2. The van der Waals surface area contributed by atoms with Crippen molar-refractivity contribution in [1.82, 2.24) is 5.32 Å². The van der Waals surface area contributed by atoms with Gasteiger partial charge in [-0.3, -0.25) is 4.79 Å². The highest BCUT2D eigenvalue weighted by Crippen LogP contribution is 2.32. The lowest BCUT2D eigenvalue weighted by molar-refractivity contribution is -0.144. The number of carbonyl (C=O) groups excluding carboxylic acids is 2. The quantitative estimate of drug-likeness (QED) is 0.591. The summed E-state index contributed by atoms with van der Waals surface area (Å²) in [5, 5.41) is 2.84. The summed E-state index contributed by atoms with van der Waals surface area (Å²) in [5.41, 5.74) is 0.790. The number of hydrogen-bond acceptors (Lipinski definition) is 4. The van der Waals surface area contributed by atoms with Gasteiger partial charge in [0, 0.05) is 17.7 Å². The van der Waals surface area contributed by atoms with E-state index in [1.54, 1.807) is 6.08 Å². The van der Waals surface area contributed by atoms with E-state index in [2.05, 4.69) is 5.32 Å². The van der Waals surface area contributed by atoms with Crippen LogP contribution in [0.5, 0.6) is 5.75 Å². The molecule has 1 amide bonds. The Morgan fingerprint density at radius 2 is 2.09 bits per heavy atom. The second-order valence-corrected chi connectivity index (χ2v) is 5.61. The van der Waals surface area contributed by atoms with Crippen LogP contribution in [0.15, 0.2) is 30.3 Å². The highest BCUT2D eigenvalue weighted by Gasteiger charge is 2.28. The molecule has 1 saturated carbocycles. The van der Waals surface area contributed by atoms with Crippen molar-refractivity contribution < 1.29 is 19.1 Å². The molecule has 1 aromatic rings. The summed E-state index contributed by atoms with van der Waals surface area (Å²) < 4.78 is 10.4. The van der Waals surface area contributed by atoms with E-state index < -0.39 is 5.97 Å². The number of hydrogen-bond donors (Lipinski definition) is 1. The molecule has 1 aromatic carbocycles. The van der Waals surface area contributed by atoms with E-state index in [-0.39, 0.29) is 18.6 Å². The predicted octanol–water partition coefficient (Wildman–Crippen LogP) is 2.56. The summed E-state index contributed by atoms with van der Waals surface area (Å²) in [6.07, 6.45) is 5.24. The van der Waals surface area contributed by atoms with Crippen LogP contribution in [0.3, 0.4) is 0 Å². The average molecular weight is 317 g/mol. The summed E-state index contributed by atoms with van der Waals surface area (Å²) >= 11 is 0. The van der Waals surface area contributed by atoms with Crippen LogP contribution in [0.4, 0.5) is 0 Å². The lowest BCUT2D eigenvalue weighted by Crippen LogP contribution is -2.36. The number of ether oxygens (including phenoxy) is 2. The summed E-state index contributed by atoms with van der Waals surface area (Å²) in [6.45, 7) is 4.17. The molecule has 0 aliphatic heterocycles. The second-order valence-electron chi connectivity index (χ2n) is 5.61. The van der Waals surface area contributed by atoms with Crippen LogP contribution in [0.25, 0.3) is 6.08 Å². The van der Waals surface area contributed by atoms with Gasteiger partial charge in [-0.15, -0.1) is 0 Å². The fraction of sp³-hybridized carbons (Fsp3) is 0.444. The Labute approximate surface area is 136 Å². The fourth-order valence-corrected chi connectivity index (χ4v) is 2.26. The molecule has 0 saturated heterocycles. The molecular weight excluding hydrogens is 294 g/mol. The Morgan fingerprint density at radius 1 is 1.35 bits per heavy atom. The normalized spacial score (nSPS) is 15.2. The highest BCUT2D eigenvalue weighted by atomic mass is 16.5. The fourth-order valence-electron chi connectivity index (χ4n) is 2.26. The third kappa shape index (κ3) is 5.77. The molecule has 0 heterocycles. The monoisotopic (exact) mass is 317 g/mol. The van der Waals surface area contributed by atoms with Gasteiger partial charge in [0.25, 0.3) is 5.91 Å². The van der Waals surface area contributed by atoms with Crippen molar-refractivity contribution in [2.45, 2.75) is 32.7 Å². The Morgan fingerprint density at radius 3 is 2.78 bits per heavy atom. The number of nitrogens with one attached hydrogen (secondary N) is 1. The van der Waals surface area contributed by atoms with Crippen molar-refractivity contribution in [1.29, 1.82) is 0 Å². The van der Waals surface area contributed by atoms with E-state index in [0.29, 0.717) is 18.3 Å². The molecule has 5 heteroatoms. The molecule has 0 aromatic heterocycles. The van der Waals surface area contributed by atoms with Crippen LogP contribution >= 0.6 is 0 Å². The van der Waals surface area contributed by atoms with Crippen molar-refractivity contribution in [2.75, 3.05) is 13.2 Å². The Hall–Kier alpha value is -2.30. The second kappa shape index (κ2) is 8.36. The van der Waals surface area contributed by atoms with Gasteiger partial charge in [-0.25, -0.2) is 4.79 Å². The summed E-state index contributed by atoms with van der Waals surface area (Å²) in [7, 11) is 0. The minimum absolute atomic E-state index is 0.148. The van der Waals surface area contributed by atoms with Crippen molar-refractivity contribution >= 4 is 18.0 Å². The standard InChI is InChI=1S/C18H23NO4/c1-3-22-16-7-5-4-6-15(16)10-11-18(21)23-12-17(20)19-13(2)14-8-9-14/h4-7,10-11,13-14H,3,8-9,12H2,1-2H3,(H,19,20)/b11-10+/t13-/m1/s1. The zero-order chi connectivity index (χ0) is 16.7. The van der Waals surface area contributed by atoms with Gasteiger partial charge in [-0.2, -0.15) is 0 Å². The van der Waals surface area contributed by atoms with Gasteiger partial charge < -0.3 is 14.8 Å². The molecule has 1 aliphatic rings. The molecule has 124 valence electrons. The summed E-state index contributed by atoms with van der Waals surface area (Å²) in [4.78, 5) is 23.4. The number of rotatable bonds is 8.